The number of piperazine rings is 1. The molecular formula is C20H32ClN3O3S. The first-order valence-corrected chi connectivity index (χ1v) is 11.4. The molecule has 2 aliphatic rings. The number of amides is 1. The van der Waals surface area contributed by atoms with Gasteiger partial charge in [0.25, 0.3) is 0 Å². The van der Waals surface area contributed by atoms with Gasteiger partial charge in [-0.25, -0.2) is 8.42 Å². The molecule has 0 aliphatic carbocycles. The molecule has 1 aromatic rings. The molecule has 0 saturated carbocycles. The quantitative estimate of drug-likeness (QED) is 0.798. The van der Waals surface area contributed by atoms with E-state index < -0.39 is 10.0 Å². The molecule has 1 amide bonds. The summed E-state index contributed by atoms with van der Waals surface area (Å²) in [5.74, 6) is 0.489. The molecule has 158 valence electrons. The van der Waals surface area contributed by atoms with Gasteiger partial charge in [-0.05, 0) is 43.4 Å². The lowest BCUT2D eigenvalue weighted by atomic mass is 9.96. The molecule has 0 spiro atoms. The second-order valence-electron chi connectivity index (χ2n) is 8.04. The molecule has 0 aromatic heterocycles. The summed E-state index contributed by atoms with van der Waals surface area (Å²) >= 11 is 0. The summed E-state index contributed by atoms with van der Waals surface area (Å²) in [6.45, 7) is 9.38. The van der Waals surface area contributed by atoms with E-state index in [0.717, 1.165) is 25.2 Å². The minimum absolute atomic E-state index is 0. The monoisotopic (exact) mass is 429 g/mol. The van der Waals surface area contributed by atoms with Gasteiger partial charge >= 0.3 is 0 Å². The highest BCUT2D eigenvalue weighted by molar-refractivity contribution is 7.89. The van der Waals surface area contributed by atoms with Gasteiger partial charge in [-0.3, -0.25) is 4.79 Å². The fourth-order valence-corrected chi connectivity index (χ4v) is 5.38. The molecule has 1 atom stereocenters. The van der Waals surface area contributed by atoms with Crippen molar-refractivity contribution in [3.05, 3.63) is 29.8 Å². The average Bonchev–Trinajstić information content (AvgIpc) is 2.67. The Hall–Kier alpha value is -1.15. The lowest BCUT2D eigenvalue weighted by molar-refractivity contribution is -0.137. The van der Waals surface area contributed by atoms with E-state index in [-0.39, 0.29) is 24.2 Å². The minimum Gasteiger partial charge on any atom is -0.340 e. The van der Waals surface area contributed by atoms with Crippen LogP contribution in [0.4, 0.5) is 0 Å². The second kappa shape index (κ2) is 9.57. The highest BCUT2D eigenvalue weighted by Crippen LogP contribution is 2.26. The van der Waals surface area contributed by atoms with Crippen LogP contribution in [-0.4, -0.2) is 62.3 Å². The van der Waals surface area contributed by atoms with Gasteiger partial charge in [-0.2, -0.15) is 4.31 Å². The number of sulfonamides is 1. The Bertz CT molecular complexity index is 759. The first-order valence-electron chi connectivity index (χ1n) is 9.91. The SMILES string of the molecule is CC1CN(C(=O)C2CCN(S(=O)(=O)c3ccc(C(C)C)cc3)CC2)CCN1.Cl. The van der Waals surface area contributed by atoms with Crippen molar-refractivity contribution in [1.29, 1.82) is 0 Å². The zero-order valence-electron chi connectivity index (χ0n) is 16.9. The third-order valence-electron chi connectivity index (χ3n) is 5.67. The van der Waals surface area contributed by atoms with Crippen LogP contribution in [0.2, 0.25) is 0 Å². The molecule has 2 saturated heterocycles. The van der Waals surface area contributed by atoms with E-state index in [9.17, 15) is 13.2 Å². The third-order valence-corrected chi connectivity index (χ3v) is 7.58. The Kier molecular flexibility index (Phi) is 7.90. The van der Waals surface area contributed by atoms with Gasteiger partial charge in [0.1, 0.15) is 0 Å². The number of nitrogens with one attached hydrogen (secondary N) is 1. The van der Waals surface area contributed by atoms with Crippen LogP contribution in [0.5, 0.6) is 0 Å². The lowest BCUT2D eigenvalue weighted by Crippen LogP contribution is -2.54. The zero-order chi connectivity index (χ0) is 19.6. The van der Waals surface area contributed by atoms with Crippen LogP contribution in [0.3, 0.4) is 0 Å². The van der Waals surface area contributed by atoms with E-state index in [4.69, 9.17) is 0 Å². The molecule has 1 unspecified atom stereocenters. The predicted molar refractivity (Wildman–Crippen MR) is 113 cm³/mol. The Labute approximate surface area is 175 Å². The number of piperidine rings is 1. The van der Waals surface area contributed by atoms with E-state index in [1.165, 1.54) is 4.31 Å². The highest BCUT2D eigenvalue weighted by Gasteiger charge is 2.34. The molecule has 0 radical (unpaired) electrons. The van der Waals surface area contributed by atoms with Gasteiger partial charge in [0.2, 0.25) is 15.9 Å². The number of nitrogens with zero attached hydrogens (tertiary/aromatic N) is 2. The van der Waals surface area contributed by atoms with Gasteiger partial charge in [0.15, 0.2) is 0 Å². The van der Waals surface area contributed by atoms with Gasteiger partial charge in [0.05, 0.1) is 4.90 Å². The maximum absolute atomic E-state index is 12.9. The topological polar surface area (TPSA) is 69.7 Å². The molecule has 8 heteroatoms. The van der Waals surface area contributed by atoms with E-state index in [0.29, 0.717) is 42.8 Å². The molecule has 2 heterocycles. The van der Waals surface area contributed by atoms with Crippen molar-refractivity contribution in [1.82, 2.24) is 14.5 Å². The summed E-state index contributed by atoms with van der Waals surface area (Å²) in [5.41, 5.74) is 1.13. The minimum atomic E-state index is -3.49. The van der Waals surface area contributed by atoms with Gasteiger partial charge in [-0.1, -0.05) is 26.0 Å². The van der Waals surface area contributed by atoms with Crippen molar-refractivity contribution in [3.8, 4) is 0 Å². The number of hydrogen-bond donors (Lipinski definition) is 1. The summed E-state index contributed by atoms with van der Waals surface area (Å²) in [7, 11) is -3.49. The summed E-state index contributed by atoms with van der Waals surface area (Å²) in [5, 5.41) is 3.34. The van der Waals surface area contributed by atoms with Crippen LogP contribution < -0.4 is 5.32 Å². The van der Waals surface area contributed by atoms with E-state index in [2.05, 4.69) is 26.1 Å². The maximum Gasteiger partial charge on any atom is 0.243 e. The molecule has 1 N–H and O–H groups in total. The Morgan fingerprint density at radius 3 is 2.25 bits per heavy atom. The zero-order valence-corrected chi connectivity index (χ0v) is 18.6. The van der Waals surface area contributed by atoms with Crippen molar-refractivity contribution in [2.24, 2.45) is 5.92 Å². The molecular weight excluding hydrogens is 398 g/mol. The summed E-state index contributed by atoms with van der Waals surface area (Å²) < 4.78 is 27.4. The highest BCUT2D eigenvalue weighted by atomic mass is 35.5. The Balaban J connectivity index is 0.00000280. The number of rotatable bonds is 4. The normalized spacial score (nSPS) is 22.1. The predicted octanol–water partition coefficient (Wildman–Crippen LogP) is 2.45. The van der Waals surface area contributed by atoms with Crippen molar-refractivity contribution >= 4 is 28.3 Å². The number of carbonyl (C=O) groups excluding carboxylic acids is 1. The molecule has 2 aliphatic heterocycles. The van der Waals surface area contributed by atoms with Gasteiger partial charge < -0.3 is 10.2 Å². The first-order chi connectivity index (χ1) is 12.8. The van der Waals surface area contributed by atoms with Crippen LogP contribution >= 0.6 is 12.4 Å². The van der Waals surface area contributed by atoms with Gasteiger partial charge in [-0.15, -0.1) is 12.4 Å². The molecule has 3 rings (SSSR count). The number of benzene rings is 1. The largest absolute Gasteiger partial charge is 0.340 e. The third kappa shape index (κ3) is 5.06. The van der Waals surface area contributed by atoms with Crippen LogP contribution in [0.15, 0.2) is 29.2 Å². The summed E-state index contributed by atoms with van der Waals surface area (Å²) in [4.78, 5) is 15.0. The van der Waals surface area contributed by atoms with Crippen LogP contribution in [0.1, 0.15) is 45.1 Å². The van der Waals surface area contributed by atoms with Crippen molar-refractivity contribution in [2.75, 3.05) is 32.7 Å². The molecule has 28 heavy (non-hydrogen) atoms. The fraction of sp³-hybridized carbons (Fsp3) is 0.650. The molecule has 6 nitrogen and oxygen atoms in total. The van der Waals surface area contributed by atoms with Crippen molar-refractivity contribution in [3.63, 3.8) is 0 Å². The summed E-state index contributed by atoms with van der Waals surface area (Å²) in [6.07, 6.45) is 1.20. The Morgan fingerprint density at radius 1 is 1.11 bits per heavy atom. The standard InChI is InChI=1S/C20H31N3O3S.ClH/c1-15(2)17-4-6-19(7-5-17)27(25,26)23-11-8-18(9-12-23)20(24)22-13-10-21-16(3)14-22;/h4-7,15-16,18,21H,8-14H2,1-3H3;1H. The van der Waals surface area contributed by atoms with Crippen molar-refractivity contribution < 1.29 is 13.2 Å². The Morgan fingerprint density at radius 2 is 1.71 bits per heavy atom. The van der Waals surface area contributed by atoms with E-state index in [1.54, 1.807) is 12.1 Å². The van der Waals surface area contributed by atoms with Crippen LogP contribution in [0, 0.1) is 5.92 Å². The lowest BCUT2D eigenvalue weighted by Gasteiger charge is -2.37. The molecule has 0 bridgehead atoms. The first kappa shape index (κ1) is 23.1. The number of carbonyl (C=O) groups is 1. The molecule has 1 aromatic carbocycles. The second-order valence-corrected chi connectivity index (χ2v) is 9.98. The van der Waals surface area contributed by atoms with Crippen LogP contribution in [0.25, 0.3) is 0 Å². The van der Waals surface area contributed by atoms with E-state index >= 15 is 0 Å². The average molecular weight is 430 g/mol. The van der Waals surface area contributed by atoms with Gasteiger partial charge in [0, 0.05) is 44.7 Å². The molecule has 2 fully saturated rings. The number of hydrogen-bond acceptors (Lipinski definition) is 4. The smallest absolute Gasteiger partial charge is 0.243 e. The maximum atomic E-state index is 12.9. The summed E-state index contributed by atoms with van der Waals surface area (Å²) in [6, 6.07) is 7.49. The fourth-order valence-electron chi connectivity index (χ4n) is 3.91. The van der Waals surface area contributed by atoms with E-state index in [1.807, 2.05) is 17.0 Å². The number of halogens is 1. The van der Waals surface area contributed by atoms with Crippen LogP contribution in [-0.2, 0) is 14.8 Å². The van der Waals surface area contributed by atoms with Crippen molar-refractivity contribution in [2.45, 2.75) is 50.5 Å².